The van der Waals surface area contributed by atoms with E-state index in [1.807, 2.05) is 54.6 Å². The van der Waals surface area contributed by atoms with E-state index >= 15 is 0 Å². The Bertz CT molecular complexity index is 989. The maximum absolute atomic E-state index is 12.7. The van der Waals surface area contributed by atoms with Crippen LogP contribution in [0.25, 0.3) is 0 Å². The van der Waals surface area contributed by atoms with Gasteiger partial charge in [0.15, 0.2) is 0 Å². The zero-order valence-electron chi connectivity index (χ0n) is 16.8. The van der Waals surface area contributed by atoms with E-state index in [-0.39, 0.29) is 11.8 Å². The summed E-state index contributed by atoms with van der Waals surface area (Å²) >= 11 is 0. The second-order valence-electron chi connectivity index (χ2n) is 6.57. The minimum absolute atomic E-state index is 0.140. The summed E-state index contributed by atoms with van der Waals surface area (Å²) in [6, 6.07) is 23.9. The first-order valence-corrected chi connectivity index (χ1v) is 9.66. The number of hydrogen-bond donors (Lipinski definition) is 2. The van der Waals surface area contributed by atoms with Crippen LogP contribution >= 0.6 is 0 Å². The molecule has 6 heteroatoms. The molecule has 3 rings (SSSR count). The van der Waals surface area contributed by atoms with Crippen LogP contribution in [0.2, 0.25) is 0 Å². The van der Waals surface area contributed by atoms with Gasteiger partial charge in [-0.05, 0) is 42.0 Å². The van der Waals surface area contributed by atoms with Crippen LogP contribution in [0.15, 0.2) is 78.9 Å². The number of hydrogen-bond acceptors (Lipinski definition) is 4. The summed E-state index contributed by atoms with van der Waals surface area (Å²) in [4.78, 5) is 23.9. The highest BCUT2D eigenvalue weighted by Gasteiger charge is 2.12. The van der Waals surface area contributed by atoms with Gasteiger partial charge >= 0.3 is 0 Å². The summed E-state index contributed by atoms with van der Waals surface area (Å²) in [5.41, 5.74) is 2.02. The molecule has 0 fully saturated rings. The van der Waals surface area contributed by atoms with Gasteiger partial charge in [-0.25, -0.2) is 0 Å². The molecule has 0 saturated heterocycles. The fraction of sp³-hybridized carbons (Fsp3) is 0.167. The average molecular weight is 404 g/mol. The molecule has 0 heterocycles. The highest BCUT2D eigenvalue weighted by molar-refractivity contribution is 5.96. The van der Waals surface area contributed by atoms with Gasteiger partial charge in [-0.2, -0.15) is 0 Å². The second-order valence-corrected chi connectivity index (χ2v) is 6.57. The molecule has 0 aliphatic heterocycles. The quantitative estimate of drug-likeness (QED) is 0.528. The predicted molar refractivity (Wildman–Crippen MR) is 116 cm³/mol. The van der Waals surface area contributed by atoms with Crippen LogP contribution in [-0.2, 0) is 11.3 Å². The van der Waals surface area contributed by atoms with E-state index in [9.17, 15) is 9.59 Å². The molecule has 3 aromatic rings. The molecular weight excluding hydrogens is 380 g/mol. The first-order valence-electron chi connectivity index (χ1n) is 9.66. The Kier molecular flexibility index (Phi) is 7.44. The van der Waals surface area contributed by atoms with E-state index in [4.69, 9.17) is 9.47 Å². The first kappa shape index (κ1) is 20.9. The summed E-state index contributed by atoms with van der Waals surface area (Å²) in [6.07, 6.45) is 0. The molecule has 0 radical (unpaired) electrons. The monoisotopic (exact) mass is 404 g/mol. The van der Waals surface area contributed by atoms with Gasteiger partial charge in [0.25, 0.3) is 5.91 Å². The lowest BCUT2D eigenvalue weighted by atomic mass is 10.1. The van der Waals surface area contributed by atoms with Crippen molar-refractivity contribution in [3.8, 4) is 11.5 Å². The van der Waals surface area contributed by atoms with Crippen LogP contribution in [0.3, 0.4) is 0 Å². The van der Waals surface area contributed by atoms with E-state index in [0.717, 1.165) is 11.3 Å². The maximum Gasteiger partial charge on any atom is 0.255 e. The highest BCUT2D eigenvalue weighted by atomic mass is 16.5. The SMILES string of the molecule is CC(=O)Nc1cccc(CNC(=O)c2ccccc2OCCOc2ccccc2)c1. The second kappa shape index (κ2) is 10.7. The molecule has 30 heavy (non-hydrogen) atoms. The molecule has 0 aliphatic carbocycles. The number of anilines is 1. The minimum Gasteiger partial charge on any atom is -0.490 e. The first-order chi connectivity index (χ1) is 14.6. The topological polar surface area (TPSA) is 76.7 Å². The lowest BCUT2D eigenvalue weighted by molar-refractivity contribution is -0.114. The molecule has 6 nitrogen and oxygen atoms in total. The molecule has 154 valence electrons. The van der Waals surface area contributed by atoms with Crippen LogP contribution in [0.4, 0.5) is 5.69 Å². The molecule has 0 atom stereocenters. The molecular formula is C24H24N2O4. The zero-order valence-corrected chi connectivity index (χ0v) is 16.8. The van der Waals surface area contributed by atoms with Crippen LogP contribution in [0.5, 0.6) is 11.5 Å². The third-order valence-corrected chi connectivity index (χ3v) is 4.18. The normalized spacial score (nSPS) is 10.2. The van der Waals surface area contributed by atoms with Crippen LogP contribution in [0.1, 0.15) is 22.8 Å². The van der Waals surface area contributed by atoms with Crippen molar-refractivity contribution in [3.63, 3.8) is 0 Å². The molecule has 0 spiro atoms. The van der Waals surface area contributed by atoms with Gasteiger partial charge in [0.1, 0.15) is 24.7 Å². The van der Waals surface area contributed by atoms with Gasteiger partial charge in [0, 0.05) is 19.2 Å². The Morgan fingerprint density at radius 1 is 0.833 bits per heavy atom. The molecule has 0 unspecified atom stereocenters. The molecule has 2 amide bonds. The molecule has 2 N–H and O–H groups in total. The molecule has 0 bridgehead atoms. The number of rotatable bonds is 9. The largest absolute Gasteiger partial charge is 0.490 e. The summed E-state index contributed by atoms with van der Waals surface area (Å²) < 4.78 is 11.4. The standard InChI is InChI=1S/C24H24N2O4/c1-18(27)26-20-9-7-8-19(16-20)17-25-24(28)22-12-5-6-13-23(22)30-15-14-29-21-10-3-2-4-11-21/h2-13,16H,14-15,17H2,1H3,(H,25,28)(H,26,27). The number of benzene rings is 3. The maximum atomic E-state index is 12.7. The smallest absolute Gasteiger partial charge is 0.255 e. The van der Waals surface area contributed by atoms with Crippen LogP contribution in [-0.4, -0.2) is 25.0 Å². The van der Waals surface area contributed by atoms with Crippen molar-refractivity contribution >= 4 is 17.5 Å². The van der Waals surface area contributed by atoms with Crippen molar-refractivity contribution in [1.82, 2.24) is 5.32 Å². The summed E-state index contributed by atoms with van der Waals surface area (Å²) in [5.74, 6) is 0.894. The average Bonchev–Trinajstić information content (AvgIpc) is 2.76. The lowest BCUT2D eigenvalue weighted by Crippen LogP contribution is -2.24. The lowest BCUT2D eigenvalue weighted by Gasteiger charge is -2.13. The Morgan fingerprint density at radius 3 is 2.37 bits per heavy atom. The van der Waals surface area contributed by atoms with Gasteiger partial charge < -0.3 is 20.1 Å². The fourth-order valence-electron chi connectivity index (χ4n) is 2.85. The number of para-hydroxylation sites is 2. The summed E-state index contributed by atoms with van der Waals surface area (Å²) in [6.45, 7) is 2.47. The fourth-order valence-corrected chi connectivity index (χ4v) is 2.85. The van der Waals surface area contributed by atoms with Crippen molar-refractivity contribution in [1.29, 1.82) is 0 Å². The Hall–Kier alpha value is -3.80. The molecule has 3 aromatic carbocycles. The number of ether oxygens (including phenoxy) is 2. The predicted octanol–water partition coefficient (Wildman–Crippen LogP) is 4.03. The minimum atomic E-state index is -0.237. The van der Waals surface area contributed by atoms with Crippen molar-refractivity contribution in [3.05, 3.63) is 90.0 Å². The molecule has 0 aliphatic rings. The Morgan fingerprint density at radius 2 is 1.57 bits per heavy atom. The Balaban J connectivity index is 1.54. The van der Waals surface area contributed by atoms with Crippen molar-refractivity contribution < 1.29 is 19.1 Å². The van der Waals surface area contributed by atoms with E-state index in [1.165, 1.54) is 6.92 Å². The number of carbonyl (C=O) groups excluding carboxylic acids is 2. The third kappa shape index (κ3) is 6.38. The van der Waals surface area contributed by atoms with Crippen LogP contribution < -0.4 is 20.1 Å². The van der Waals surface area contributed by atoms with Gasteiger partial charge in [0.2, 0.25) is 5.91 Å². The number of carbonyl (C=O) groups is 2. The van der Waals surface area contributed by atoms with Gasteiger partial charge in [-0.3, -0.25) is 9.59 Å². The van der Waals surface area contributed by atoms with E-state index in [2.05, 4.69) is 10.6 Å². The Labute approximate surface area is 175 Å². The van der Waals surface area contributed by atoms with Crippen molar-refractivity contribution in [2.24, 2.45) is 0 Å². The summed E-state index contributed by atoms with van der Waals surface area (Å²) in [7, 11) is 0. The highest BCUT2D eigenvalue weighted by Crippen LogP contribution is 2.18. The molecule has 0 saturated carbocycles. The van der Waals surface area contributed by atoms with E-state index in [0.29, 0.717) is 36.8 Å². The zero-order chi connectivity index (χ0) is 21.2. The third-order valence-electron chi connectivity index (χ3n) is 4.18. The summed E-state index contributed by atoms with van der Waals surface area (Å²) in [5, 5.41) is 5.62. The van der Waals surface area contributed by atoms with Crippen molar-refractivity contribution in [2.45, 2.75) is 13.5 Å². The number of amides is 2. The van der Waals surface area contributed by atoms with E-state index in [1.54, 1.807) is 24.3 Å². The molecule has 0 aromatic heterocycles. The van der Waals surface area contributed by atoms with Gasteiger partial charge in [-0.1, -0.05) is 42.5 Å². The van der Waals surface area contributed by atoms with E-state index < -0.39 is 0 Å². The van der Waals surface area contributed by atoms with Crippen molar-refractivity contribution in [2.75, 3.05) is 18.5 Å². The van der Waals surface area contributed by atoms with Gasteiger partial charge in [0.05, 0.1) is 5.56 Å². The number of nitrogens with one attached hydrogen (secondary N) is 2. The van der Waals surface area contributed by atoms with Crippen LogP contribution in [0, 0.1) is 0 Å². The van der Waals surface area contributed by atoms with Gasteiger partial charge in [-0.15, -0.1) is 0 Å².